The van der Waals surface area contributed by atoms with Gasteiger partial charge in [-0.1, -0.05) is 51.9 Å². The van der Waals surface area contributed by atoms with Crippen molar-refractivity contribution in [2.24, 2.45) is 0 Å². The van der Waals surface area contributed by atoms with Gasteiger partial charge in [-0.05, 0) is 6.42 Å². The topological polar surface area (TPSA) is 0 Å². The van der Waals surface area contributed by atoms with Gasteiger partial charge in [0.25, 0.3) is 0 Å². The van der Waals surface area contributed by atoms with Crippen molar-refractivity contribution in [3.8, 4) is 0 Å². The van der Waals surface area contributed by atoms with Gasteiger partial charge in [0.1, 0.15) is 0 Å². The van der Waals surface area contributed by atoms with Gasteiger partial charge in [0.2, 0.25) is 0 Å². The van der Waals surface area contributed by atoms with E-state index in [1.54, 1.807) is 0 Å². The van der Waals surface area contributed by atoms with Crippen molar-refractivity contribution in [3.05, 3.63) is 0 Å². The molecule has 0 aliphatic heterocycles. The lowest BCUT2D eigenvalue weighted by Gasteiger charge is -1.98. The summed E-state index contributed by atoms with van der Waals surface area (Å²) in [5.74, 6) is 0.842. The van der Waals surface area contributed by atoms with Gasteiger partial charge in [0.05, 0.1) is 0 Å². The Morgan fingerprint density at radius 2 is 1.17 bits per heavy atom. The molecule has 0 aromatic heterocycles. The molecule has 0 bridgehead atoms. The van der Waals surface area contributed by atoms with E-state index in [0.29, 0.717) is 0 Å². The molecule has 0 amide bonds. The van der Waals surface area contributed by atoms with Crippen LogP contribution in [0.5, 0.6) is 0 Å². The highest BCUT2D eigenvalue weighted by Crippen LogP contribution is 2.08. The van der Waals surface area contributed by atoms with Crippen LogP contribution in [-0.2, 0) is 0 Å². The Labute approximate surface area is 88.5 Å². The normalized spacial score (nSPS) is 9.50. The van der Waals surface area contributed by atoms with Gasteiger partial charge in [-0.25, -0.2) is 0 Å². The molecular formula is C10H22Cl2. The number of rotatable bonds is 8. The van der Waals surface area contributed by atoms with Gasteiger partial charge >= 0.3 is 0 Å². The van der Waals surface area contributed by atoms with Crippen molar-refractivity contribution in [2.45, 2.75) is 58.3 Å². The second-order valence-electron chi connectivity index (χ2n) is 3.16. The number of alkyl halides is 1. The fourth-order valence-corrected chi connectivity index (χ4v) is 1.42. The lowest BCUT2D eigenvalue weighted by molar-refractivity contribution is 0.586. The predicted molar refractivity (Wildman–Crippen MR) is 60.6 cm³/mol. The minimum absolute atomic E-state index is 0. The van der Waals surface area contributed by atoms with E-state index in [2.05, 4.69) is 6.92 Å². The van der Waals surface area contributed by atoms with Crippen LogP contribution in [0.15, 0.2) is 0 Å². The summed E-state index contributed by atoms with van der Waals surface area (Å²) in [4.78, 5) is 0. The van der Waals surface area contributed by atoms with Crippen LogP contribution in [-0.4, -0.2) is 5.88 Å². The molecule has 0 fully saturated rings. The van der Waals surface area contributed by atoms with Crippen LogP contribution < -0.4 is 0 Å². The summed E-state index contributed by atoms with van der Waals surface area (Å²) in [6, 6.07) is 0. The first kappa shape index (κ1) is 15.1. The van der Waals surface area contributed by atoms with Crippen LogP contribution >= 0.6 is 24.0 Å². The average Bonchev–Trinajstić information content (AvgIpc) is 2.03. The van der Waals surface area contributed by atoms with Crippen LogP contribution in [0.3, 0.4) is 0 Å². The highest BCUT2D eigenvalue weighted by atomic mass is 35.5. The summed E-state index contributed by atoms with van der Waals surface area (Å²) < 4.78 is 0. The Morgan fingerprint density at radius 1 is 0.750 bits per heavy atom. The summed E-state index contributed by atoms with van der Waals surface area (Å²) in [6.45, 7) is 2.26. The van der Waals surface area contributed by atoms with Crippen molar-refractivity contribution in [1.29, 1.82) is 0 Å². The van der Waals surface area contributed by atoms with E-state index in [0.717, 1.165) is 5.88 Å². The summed E-state index contributed by atoms with van der Waals surface area (Å²) in [7, 11) is 0. The van der Waals surface area contributed by atoms with Crippen molar-refractivity contribution in [1.82, 2.24) is 0 Å². The minimum Gasteiger partial charge on any atom is -0.147 e. The first-order valence-corrected chi connectivity index (χ1v) is 5.51. The number of halogens is 2. The Morgan fingerprint density at radius 3 is 1.58 bits per heavy atom. The van der Waals surface area contributed by atoms with Crippen molar-refractivity contribution < 1.29 is 0 Å². The molecule has 0 atom stereocenters. The second kappa shape index (κ2) is 14.1. The van der Waals surface area contributed by atoms with Crippen molar-refractivity contribution >= 4 is 24.0 Å². The van der Waals surface area contributed by atoms with E-state index in [9.17, 15) is 0 Å². The predicted octanol–water partition coefficient (Wildman–Crippen LogP) is 4.79. The standard InChI is InChI=1S/C10H21Cl.ClH/c1-2-3-4-5-6-7-8-9-10-11;/h2-10H2,1H3;1H. The van der Waals surface area contributed by atoms with Gasteiger partial charge in [-0.3, -0.25) is 0 Å². The maximum Gasteiger partial charge on any atom is 0.0223 e. The highest BCUT2D eigenvalue weighted by Gasteiger charge is 1.89. The lowest BCUT2D eigenvalue weighted by Crippen LogP contribution is -1.80. The molecule has 0 spiro atoms. The van der Waals surface area contributed by atoms with E-state index < -0.39 is 0 Å². The third-order valence-electron chi connectivity index (χ3n) is 1.99. The van der Waals surface area contributed by atoms with E-state index in [1.165, 1.54) is 51.4 Å². The van der Waals surface area contributed by atoms with E-state index in [4.69, 9.17) is 11.6 Å². The molecule has 12 heavy (non-hydrogen) atoms. The van der Waals surface area contributed by atoms with Crippen LogP contribution in [0.4, 0.5) is 0 Å². The van der Waals surface area contributed by atoms with Gasteiger partial charge in [-0.15, -0.1) is 24.0 Å². The quantitative estimate of drug-likeness (QED) is 0.401. The third-order valence-corrected chi connectivity index (χ3v) is 2.25. The molecule has 0 saturated carbocycles. The Hall–Kier alpha value is 0.580. The Kier molecular flexibility index (Phi) is 17.7. The molecule has 0 saturated heterocycles. The van der Waals surface area contributed by atoms with Gasteiger partial charge in [0, 0.05) is 5.88 Å². The number of unbranched alkanes of at least 4 members (excludes halogenated alkanes) is 7. The molecule has 0 aliphatic carbocycles. The SMILES string of the molecule is CCCCCCCCCCCl.Cl. The lowest BCUT2D eigenvalue weighted by atomic mass is 10.1. The second-order valence-corrected chi connectivity index (χ2v) is 3.54. The first-order chi connectivity index (χ1) is 5.41. The molecule has 0 N–H and O–H groups in total. The van der Waals surface area contributed by atoms with Crippen molar-refractivity contribution in [2.75, 3.05) is 5.88 Å². The average molecular weight is 213 g/mol. The van der Waals surface area contributed by atoms with Crippen LogP contribution in [0.2, 0.25) is 0 Å². The van der Waals surface area contributed by atoms with Gasteiger partial charge in [0.15, 0.2) is 0 Å². The van der Waals surface area contributed by atoms with Crippen LogP contribution in [0.1, 0.15) is 58.3 Å². The van der Waals surface area contributed by atoms with Gasteiger partial charge in [-0.2, -0.15) is 0 Å². The fraction of sp³-hybridized carbons (Fsp3) is 1.00. The van der Waals surface area contributed by atoms with Crippen LogP contribution in [0, 0.1) is 0 Å². The van der Waals surface area contributed by atoms with E-state index in [1.807, 2.05) is 0 Å². The summed E-state index contributed by atoms with van der Waals surface area (Å²) in [5, 5.41) is 0. The molecule has 0 nitrogen and oxygen atoms in total. The van der Waals surface area contributed by atoms with Crippen molar-refractivity contribution in [3.63, 3.8) is 0 Å². The molecule has 0 unspecified atom stereocenters. The minimum atomic E-state index is 0. The molecule has 0 radical (unpaired) electrons. The molecular weight excluding hydrogens is 191 g/mol. The zero-order chi connectivity index (χ0) is 8.36. The molecule has 0 aliphatic rings. The molecule has 0 rings (SSSR count). The highest BCUT2D eigenvalue weighted by molar-refractivity contribution is 6.17. The van der Waals surface area contributed by atoms with Crippen LogP contribution in [0.25, 0.3) is 0 Å². The first-order valence-electron chi connectivity index (χ1n) is 4.97. The smallest absolute Gasteiger partial charge is 0.0223 e. The molecule has 2 heteroatoms. The number of hydrogen-bond donors (Lipinski definition) is 0. The largest absolute Gasteiger partial charge is 0.147 e. The molecule has 0 heterocycles. The zero-order valence-electron chi connectivity index (χ0n) is 8.15. The third kappa shape index (κ3) is 13.2. The maximum atomic E-state index is 5.56. The van der Waals surface area contributed by atoms with Gasteiger partial charge < -0.3 is 0 Å². The molecule has 0 aromatic rings. The zero-order valence-corrected chi connectivity index (χ0v) is 9.72. The molecule has 0 aromatic carbocycles. The molecule has 76 valence electrons. The number of hydrogen-bond acceptors (Lipinski definition) is 0. The Bertz CT molecular complexity index is 56.9. The fourth-order valence-electron chi connectivity index (χ4n) is 1.23. The Balaban J connectivity index is 0. The maximum absolute atomic E-state index is 5.56. The monoisotopic (exact) mass is 212 g/mol. The summed E-state index contributed by atoms with van der Waals surface area (Å²) in [6.07, 6.45) is 10.9. The summed E-state index contributed by atoms with van der Waals surface area (Å²) in [5.41, 5.74) is 0. The summed E-state index contributed by atoms with van der Waals surface area (Å²) >= 11 is 5.56. The van der Waals surface area contributed by atoms with E-state index in [-0.39, 0.29) is 12.4 Å². The van der Waals surface area contributed by atoms with E-state index >= 15 is 0 Å².